The van der Waals surface area contributed by atoms with Crippen LogP contribution in [0.2, 0.25) is 0 Å². The molecule has 2 aromatic carbocycles. The Morgan fingerprint density at radius 3 is 2.46 bits per heavy atom. The molecule has 0 radical (unpaired) electrons. The number of morpholine rings is 1. The molecule has 37 heavy (non-hydrogen) atoms. The van der Waals surface area contributed by atoms with Crippen LogP contribution >= 0.6 is 0 Å². The van der Waals surface area contributed by atoms with Gasteiger partial charge in [-0.1, -0.05) is 30.3 Å². The van der Waals surface area contributed by atoms with E-state index in [9.17, 15) is 9.59 Å². The van der Waals surface area contributed by atoms with Gasteiger partial charge in [-0.2, -0.15) is 0 Å². The fourth-order valence-corrected chi connectivity index (χ4v) is 6.37. The molecule has 0 bridgehead atoms. The zero-order chi connectivity index (χ0) is 25.7. The molecule has 4 heterocycles. The summed E-state index contributed by atoms with van der Waals surface area (Å²) in [5.41, 5.74) is 4.10. The molecule has 3 aliphatic heterocycles. The maximum absolute atomic E-state index is 13.9. The molecule has 194 valence electrons. The number of hydrogen-bond donors (Lipinski definition) is 1. The van der Waals surface area contributed by atoms with Crippen molar-refractivity contribution in [3.63, 3.8) is 0 Å². The van der Waals surface area contributed by atoms with Crippen molar-refractivity contribution < 1.29 is 19.1 Å². The summed E-state index contributed by atoms with van der Waals surface area (Å²) in [5.74, 6) is 0.772. The Hall–Kier alpha value is -3.36. The molecule has 0 saturated carbocycles. The SMILES string of the molecule is COc1ccc([C@@H]2c3[nH]c4ccccc4c3C[C@@H]3C(=O)N(CCN4C[C@@H](C)O[C@@H](C)C4)CC(=O)N23)cc1. The van der Waals surface area contributed by atoms with Gasteiger partial charge in [-0.15, -0.1) is 0 Å². The van der Waals surface area contributed by atoms with E-state index in [1.807, 2.05) is 41.3 Å². The predicted octanol–water partition coefficient (Wildman–Crippen LogP) is 2.97. The molecule has 8 nitrogen and oxygen atoms in total. The summed E-state index contributed by atoms with van der Waals surface area (Å²) in [4.78, 5) is 37.1. The van der Waals surface area contributed by atoms with E-state index in [4.69, 9.17) is 9.47 Å². The van der Waals surface area contributed by atoms with E-state index >= 15 is 0 Å². The normalized spacial score (nSPS) is 26.4. The lowest BCUT2D eigenvalue weighted by atomic mass is 9.86. The van der Waals surface area contributed by atoms with E-state index in [0.29, 0.717) is 13.0 Å². The van der Waals surface area contributed by atoms with Crippen molar-refractivity contribution in [2.24, 2.45) is 0 Å². The topological polar surface area (TPSA) is 78.1 Å². The Bertz CT molecular complexity index is 1310. The second kappa shape index (κ2) is 9.50. The number of carbonyl (C=O) groups is 2. The molecule has 3 aromatic rings. The van der Waals surface area contributed by atoms with Gasteiger partial charge in [0.1, 0.15) is 11.8 Å². The van der Waals surface area contributed by atoms with Crippen LogP contribution in [-0.4, -0.2) is 89.6 Å². The first kappa shape index (κ1) is 24.0. The molecular weight excluding hydrogens is 468 g/mol. The number of rotatable bonds is 5. The van der Waals surface area contributed by atoms with Gasteiger partial charge < -0.3 is 24.3 Å². The standard InChI is InChI=1S/C29H34N4O4/c1-18-15-31(16-19(2)37-18)12-13-32-17-26(34)33-25(29(32)35)14-23-22-6-4-5-7-24(22)30-27(23)28(33)20-8-10-21(36-3)11-9-20/h4-11,18-19,25,28,30H,12-17H2,1-3H3/t18-,19+,25-,28-/m1/s1. The number of piperazine rings is 1. The number of nitrogens with one attached hydrogen (secondary N) is 1. The molecule has 2 amide bonds. The minimum Gasteiger partial charge on any atom is -0.497 e. The number of ether oxygens (including phenoxy) is 2. The molecule has 4 atom stereocenters. The van der Waals surface area contributed by atoms with Gasteiger partial charge in [0, 0.05) is 49.2 Å². The molecule has 1 N–H and O–H groups in total. The third-order valence-corrected chi connectivity index (χ3v) is 7.96. The summed E-state index contributed by atoms with van der Waals surface area (Å²) in [7, 11) is 1.64. The van der Waals surface area contributed by atoms with Crippen molar-refractivity contribution in [1.82, 2.24) is 19.7 Å². The highest BCUT2D eigenvalue weighted by Crippen LogP contribution is 2.42. The number of benzene rings is 2. The van der Waals surface area contributed by atoms with Gasteiger partial charge in [0.2, 0.25) is 11.8 Å². The van der Waals surface area contributed by atoms with Crippen LogP contribution in [-0.2, 0) is 20.7 Å². The molecule has 0 aliphatic carbocycles. The van der Waals surface area contributed by atoms with E-state index in [1.165, 1.54) is 0 Å². The molecule has 2 fully saturated rings. The largest absolute Gasteiger partial charge is 0.497 e. The van der Waals surface area contributed by atoms with E-state index < -0.39 is 6.04 Å². The number of carbonyl (C=O) groups excluding carboxylic acids is 2. The maximum atomic E-state index is 13.9. The summed E-state index contributed by atoms with van der Waals surface area (Å²) in [6.45, 7) is 7.23. The first-order chi connectivity index (χ1) is 17.9. The second-order valence-electron chi connectivity index (χ2n) is 10.5. The predicted molar refractivity (Wildman–Crippen MR) is 141 cm³/mol. The zero-order valence-electron chi connectivity index (χ0n) is 21.6. The number of nitrogens with zero attached hydrogens (tertiary/aromatic N) is 3. The quantitative estimate of drug-likeness (QED) is 0.581. The van der Waals surface area contributed by atoms with E-state index in [-0.39, 0.29) is 36.6 Å². The smallest absolute Gasteiger partial charge is 0.246 e. The van der Waals surface area contributed by atoms with Gasteiger partial charge in [0.05, 0.1) is 31.9 Å². The number of aromatic amines is 1. The summed E-state index contributed by atoms with van der Waals surface area (Å²) < 4.78 is 11.2. The van der Waals surface area contributed by atoms with Crippen molar-refractivity contribution >= 4 is 22.7 Å². The maximum Gasteiger partial charge on any atom is 0.246 e. The second-order valence-corrected chi connectivity index (χ2v) is 10.5. The minimum absolute atomic E-state index is 0.0153. The third-order valence-electron chi connectivity index (χ3n) is 7.96. The fourth-order valence-electron chi connectivity index (χ4n) is 6.37. The first-order valence-electron chi connectivity index (χ1n) is 13.1. The van der Waals surface area contributed by atoms with Crippen LogP contribution in [0.1, 0.15) is 36.7 Å². The highest BCUT2D eigenvalue weighted by atomic mass is 16.5. The Labute approximate surface area is 217 Å². The summed E-state index contributed by atoms with van der Waals surface area (Å²) in [6.07, 6.45) is 0.849. The first-order valence-corrected chi connectivity index (χ1v) is 13.1. The van der Waals surface area contributed by atoms with E-state index in [1.54, 1.807) is 12.0 Å². The molecule has 8 heteroatoms. The van der Waals surface area contributed by atoms with Gasteiger partial charge in [0.15, 0.2) is 0 Å². The number of H-pyrrole nitrogens is 1. The third kappa shape index (κ3) is 4.28. The Balaban J connectivity index is 1.33. The van der Waals surface area contributed by atoms with Crippen LogP contribution < -0.4 is 4.74 Å². The van der Waals surface area contributed by atoms with Gasteiger partial charge >= 0.3 is 0 Å². The Kier molecular flexibility index (Phi) is 6.16. The van der Waals surface area contributed by atoms with Crippen LogP contribution in [0.3, 0.4) is 0 Å². The molecule has 0 unspecified atom stereocenters. The molecular formula is C29H34N4O4. The van der Waals surface area contributed by atoms with Crippen LogP contribution in [0.15, 0.2) is 48.5 Å². The zero-order valence-corrected chi connectivity index (χ0v) is 21.6. The molecule has 0 spiro atoms. The van der Waals surface area contributed by atoms with Crippen molar-refractivity contribution in [3.8, 4) is 5.75 Å². The number of aromatic nitrogens is 1. The average molecular weight is 503 g/mol. The fraction of sp³-hybridized carbons (Fsp3) is 0.448. The lowest BCUT2D eigenvalue weighted by Crippen LogP contribution is -2.63. The van der Waals surface area contributed by atoms with Crippen molar-refractivity contribution in [2.75, 3.05) is 39.8 Å². The Morgan fingerprint density at radius 1 is 1.00 bits per heavy atom. The highest BCUT2D eigenvalue weighted by Gasteiger charge is 2.48. The molecule has 1 aromatic heterocycles. The van der Waals surface area contributed by atoms with Gasteiger partial charge in [-0.05, 0) is 43.2 Å². The monoisotopic (exact) mass is 502 g/mol. The highest BCUT2D eigenvalue weighted by molar-refractivity contribution is 5.97. The van der Waals surface area contributed by atoms with Crippen LogP contribution in [0, 0.1) is 0 Å². The average Bonchev–Trinajstić information content (AvgIpc) is 3.27. The molecule has 2 saturated heterocycles. The van der Waals surface area contributed by atoms with Gasteiger partial charge in [-0.3, -0.25) is 14.5 Å². The van der Waals surface area contributed by atoms with E-state index in [0.717, 1.165) is 53.1 Å². The van der Waals surface area contributed by atoms with Crippen molar-refractivity contribution in [2.45, 2.75) is 44.6 Å². The summed E-state index contributed by atoms with van der Waals surface area (Å²) in [6, 6.07) is 15.1. The lowest BCUT2D eigenvalue weighted by molar-refractivity contribution is -0.159. The van der Waals surface area contributed by atoms with Gasteiger partial charge in [-0.25, -0.2) is 0 Å². The number of amides is 2. The van der Waals surface area contributed by atoms with Gasteiger partial charge in [0.25, 0.3) is 0 Å². The number of para-hydroxylation sites is 1. The van der Waals surface area contributed by atoms with Crippen LogP contribution in [0.4, 0.5) is 0 Å². The number of methoxy groups -OCH3 is 1. The number of hydrogen-bond acceptors (Lipinski definition) is 5. The molecule has 6 rings (SSSR count). The van der Waals surface area contributed by atoms with Crippen molar-refractivity contribution in [1.29, 1.82) is 0 Å². The van der Waals surface area contributed by atoms with Crippen LogP contribution in [0.5, 0.6) is 5.75 Å². The van der Waals surface area contributed by atoms with Crippen molar-refractivity contribution in [3.05, 3.63) is 65.4 Å². The summed E-state index contributed by atoms with van der Waals surface area (Å²) in [5, 5.41) is 1.12. The lowest BCUT2D eigenvalue weighted by Gasteiger charge is -2.47. The molecule has 3 aliphatic rings. The van der Waals surface area contributed by atoms with E-state index in [2.05, 4.69) is 35.9 Å². The van der Waals surface area contributed by atoms with Crippen LogP contribution in [0.25, 0.3) is 10.9 Å². The number of fused-ring (bicyclic) bond motifs is 4. The minimum atomic E-state index is -0.525. The summed E-state index contributed by atoms with van der Waals surface area (Å²) >= 11 is 0. The Morgan fingerprint density at radius 2 is 1.73 bits per heavy atom.